The molecule has 0 amide bonds. The Morgan fingerprint density at radius 3 is 2.58 bits per heavy atom. The Morgan fingerprint density at radius 2 is 1.78 bits per heavy atom. The third kappa shape index (κ3) is 6.04. The zero-order chi connectivity index (χ0) is 24.7. The van der Waals surface area contributed by atoms with Gasteiger partial charge in [0.15, 0.2) is 0 Å². The quantitative estimate of drug-likeness (QED) is 0.371. The Balaban J connectivity index is 1.19. The van der Waals surface area contributed by atoms with E-state index in [0.29, 0.717) is 11.7 Å². The first-order chi connectivity index (χ1) is 17.7. The van der Waals surface area contributed by atoms with E-state index in [1.165, 1.54) is 53.9 Å². The SMILES string of the molecule is CCN(CCc1ccc(OCCN2CCCC2)cc1)c1ccccc1C1CCc2cc(O)ccc2C1. The van der Waals surface area contributed by atoms with Crippen LogP contribution in [0.4, 0.5) is 5.69 Å². The number of phenolic OH excluding ortho intramolecular Hbond substituents is 1. The number of benzene rings is 3. The molecule has 1 N–H and O–H groups in total. The standard InChI is InChI=1S/C32H40N2O2/c1-2-34(20-17-25-9-15-30(16-10-25)36-22-21-33-18-5-6-19-33)32-8-4-3-7-31(32)28-12-11-27-24-29(35)14-13-26(27)23-28/h3-4,7-10,13-16,24,28,35H,2,5-6,11-12,17-23H2,1H3. The van der Waals surface area contributed by atoms with Crippen LogP contribution in [0.15, 0.2) is 66.7 Å². The van der Waals surface area contributed by atoms with Gasteiger partial charge in [-0.05, 0) is 117 Å². The lowest BCUT2D eigenvalue weighted by molar-refractivity contribution is 0.238. The number of para-hydroxylation sites is 1. The van der Waals surface area contributed by atoms with Crippen LogP contribution in [0.1, 0.15) is 54.4 Å². The van der Waals surface area contributed by atoms with Gasteiger partial charge < -0.3 is 14.7 Å². The monoisotopic (exact) mass is 484 g/mol. The molecule has 1 aliphatic heterocycles. The maximum Gasteiger partial charge on any atom is 0.119 e. The zero-order valence-electron chi connectivity index (χ0n) is 21.7. The summed E-state index contributed by atoms with van der Waals surface area (Å²) in [6, 6.07) is 23.5. The van der Waals surface area contributed by atoms with Crippen molar-refractivity contribution in [3.05, 3.63) is 89.0 Å². The van der Waals surface area contributed by atoms with Gasteiger partial charge in [0.25, 0.3) is 0 Å². The largest absolute Gasteiger partial charge is 0.508 e. The summed E-state index contributed by atoms with van der Waals surface area (Å²) in [6.07, 6.45) is 6.87. The molecule has 1 unspecified atom stereocenters. The van der Waals surface area contributed by atoms with Crippen molar-refractivity contribution >= 4 is 5.69 Å². The molecule has 1 aliphatic carbocycles. The smallest absolute Gasteiger partial charge is 0.119 e. The summed E-state index contributed by atoms with van der Waals surface area (Å²) in [5.74, 6) is 1.87. The molecule has 0 radical (unpaired) electrons. The van der Waals surface area contributed by atoms with Crippen LogP contribution in [-0.4, -0.2) is 49.3 Å². The van der Waals surface area contributed by atoms with Gasteiger partial charge in [0, 0.05) is 25.3 Å². The first-order valence-electron chi connectivity index (χ1n) is 13.8. The predicted molar refractivity (Wildman–Crippen MR) is 149 cm³/mol. The van der Waals surface area contributed by atoms with Gasteiger partial charge in [-0.1, -0.05) is 36.4 Å². The summed E-state index contributed by atoms with van der Waals surface area (Å²) in [7, 11) is 0. The summed E-state index contributed by atoms with van der Waals surface area (Å²) in [5.41, 5.74) is 6.86. The van der Waals surface area contributed by atoms with Crippen LogP contribution in [0.5, 0.6) is 11.5 Å². The number of anilines is 1. The molecule has 4 heteroatoms. The molecule has 3 aromatic carbocycles. The van der Waals surface area contributed by atoms with Crippen LogP contribution in [0.3, 0.4) is 0 Å². The number of ether oxygens (including phenoxy) is 1. The Labute approximate surface area is 216 Å². The van der Waals surface area contributed by atoms with E-state index < -0.39 is 0 Å². The van der Waals surface area contributed by atoms with Gasteiger partial charge in [-0.25, -0.2) is 0 Å². The van der Waals surface area contributed by atoms with Gasteiger partial charge in [-0.15, -0.1) is 0 Å². The molecule has 1 saturated heterocycles. The van der Waals surface area contributed by atoms with Gasteiger partial charge in [-0.2, -0.15) is 0 Å². The Hall–Kier alpha value is -2.98. The van der Waals surface area contributed by atoms with E-state index >= 15 is 0 Å². The Kier molecular flexibility index (Phi) is 8.12. The van der Waals surface area contributed by atoms with E-state index in [4.69, 9.17) is 4.74 Å². The molecule has 0 bridgehead atoms. The number of hydrogen-bond donors (Lipinski definition) is 1. The van der Waals surface area contributed by atoms with Gasteiger partial charge >= 0.3 is 0 Å². The number of aryl methyl sites for hydroxylation is 1. The number of likely N-dealkylation sites (N-methyl/N-ethyl adjacent to an activating group) is 1. The zero-order valence-corrected chi connectivity index (χ0v) is 21.7. The summed E-state index contributed by atoms with van der Waals surface area (Å²) in [6.45, 7) is 8.49. The fraction of sp³-hybridized carbons (Fsp3) is 0.438. The molecule has 5 rings (SSSR count). The number of likely N-dealkylation sites (tertiary alicyclic amines) is 1. The number of aromatic hydroxyl groups is 1. The molecule has 1 atom stereocenters. The summed E-state index contributed by atoms with van der Waals surface area (Å²) in [5, 5.41) is 9.85. The van der Waals surface area contributed by atoms with E-state index in [1.54, 1.807) is 0 Å². The molecule has 0 aromatic heterocycles. The molecule has 1 fully saturated rings. The Morgan fingerprint density at radius 1 is 0.972 bits per heavy atom. The molecule has 190 valence electrons. The summed E-state index contributed by atoms with van der Waals surface area (Å²) in [4.78, 5) is 5.02. The second kappa shape index (κ2) is 11.8. The average Bonchev–Trinajstić information content (AvgIpc) is 3.43. The lowest BCUT2D eigenvalue weighted by Crippen LogP contribution is -2.27. The highest BCUT2D eigenvalue weighted by molar-refractivity contribution is 5.56. The van der Waals surface area contributed by atoms with E-state index in [-0.39, 0.29) is 0 Å². The van der Waals surface area contributed by atoms with Crippen molar-refractivity contribution in [1.82, 2.24) is 4.90 Å². The van der Waals surface area contributed by atoms with Crippen molar-refractivity contribution in [3.8, 4) is 11.5 Å². The normalized spacial score (nSPS) is 17.6. The summed E-state index contributed by atoms with van der Waals surface area (Å²) >= 11 is 0. The lowest BCUT2D eigenvalue weighted by atomic mass is 9.79. The average molecular weight is 485 g/mol. The molecular weight excluding hydrogens is 444 g/mol. The summed E-state index contributed by atoms with van der Waals surface area (Å²) < 4.78 is 5.99. The van der Waals surface area contributed by atoms with E-state index in [9.17, 15) is 5.11 Å². The fourth-order valence-corrected chi connectivity index (χ4v) is 5.89. The van der Waals surface area contributed by atoms with Gasteiger partial charge in [-0.3, -0.25) is 4.90 Å². The van der Waals surface area contributed by atoms with Crippen LogP contribution in [0, 0.1) is 0 Å². The first kappa shape index (κ1) is 24.7. The number of fused-ring (bicyclic) bond motifs is 1. The van der Waals surface area contributed by atoms with E-state index in [1.807, 2.05) is 12.1 Å². The minimum absolute atomic E-state index is 0.381. The van der Waals surface area contributed by atoms with Crippen LogP contribution < -0.4 is 9.64 Å². The van der Waals surface area contributed by atoms with Crippen LogP contribution in [-0.2, 0) is 19.3 Å². The van der Waals surface area contributed by atoms with Crippen LogP contribution in [0.25, 0.3) is 0 Å². The predicted octanol–water partition coefficient (Wildman–Crippen LogP) is 6.21. The molecule has 3 aromatic rings. The van der Waals surface area contributed by atoms with Gasteiger partial charge in [0.1, 0.15) is 18.1 Å². The van der Waals surface area contributed by atoms with Crippen molar-refractivity contribution in [2.24, 2.45) is 0 Å². The van der Waals surface area contributed by atoms with E-state index in [0.717, 1.165) is 57.7 Å². The fourth-order valence-electron chi connectivity index (χ4n) is 5.89. The third-order valence-electron chi connectivity index (χ3n) is 7.99. The van der Waals surface area contributed by atoms with Crippen LogP contribution in [0.2, 0.25) is 0 Å². The lowest BCUT2D eigenvalue weighted by Gasteiger charge is -2.31. The molecule has 4 nitrogen and oxygen atoms in total. The maximum atomic E-state index is 9.85. The second-order valence-electron chi connectivity index (χ2n) is 10.3. The molecule has 36 heavy (non-hydrogen) atoms. The minimum atomic E-state index is 0.381. The molecule has 2 aliphatic rings. The van der Waals surface area contributed by atoms with Crippen molar-refractivity contribution in [2.45, 2.75) is 51.4 Å². The maximum absolute atomic E-state index is 9.85. The van der Waals surface area contributed by atoms with Gasteiger partial charge in [0.05, 0.1) is 0 Å². The highest BCUT2D eigenvalue weighted by atomic mass is 16.5. The van der Waals surface area contributed by atoms with E-state index in [2.05, 4.69) is 71.3 Å². The molecule has 0 saturated carbocycles. The number of rotatable bonds is 10. The highest BCUT2D eigenvalue weighted by Gasteiger charge is 2.24. The second-order valence-corrected chi connectivity index (χ2v) is 10.3. The number of nitrogens with zero attached hydrogens (tertiary/aromatic N) is 2. The molecular formula is C32H40N2O2. The highest BCUT2D eigenvalue weighted by Crippen LogP contribution is 2.38. The Bertz CT molecular complexity index is 1120. The van der Waals surface area contributed by atoms with Crippen molar-refractivity contribution in [2.75, 3.05) is 44.2 Å². The third-order valence-corrected chi connectivity index (χ3v) is 7.99. The number of phenols is 1. The first-order valence-corrected chi connectivity index (χ1v) is 13.8. The van der Waals surface area contributed by atoms with Crippen LogP contribution >= 0.6 is 0 Å². The minimum Gasteiger partial charge on any atom is -0.508 e. The van der Waals surface area contributed by atoms with Crippen molar-refractivity contribution < 1.29 is 9.84 Å². The molecule has 1 heterocycles. The topological polar surface area (TPSA) is 35.9 Å². The van der Waals surface area contributed by atoms with Crippen molar-refractivity contribution in [1.29, 1.82) is 0 Å². The van der Waals surface area contributed by atoms with Gasteiger partial charge in [0.2, 0.25) is 0 Å². The molecule has 0 spiro atoms. The number of hydrogen-bond acceptors (Lipinski definition) is 4. The van der Waals surface area contributed by atoms with Crippen molar-refractivity contribution in [3.63, 3.8) is 0 Å².